The molecule has 0 radical (unpaired) electrons. The fraction of sp³-hybridized carbons (Fsp3) is 0.273. The van der Waals surface area contributed by atoms with E-state index in [1.165, 1.54) is 41.2 Å². The van der Waals surface area contributed by atoms with Crippen molar-refractivity contribution in [3.8, 4) is 0 Å². The standard InChI is InChI=1S/C22H22FN5O2S/c1-14-4-6-15(7-5-14)13-24-22(30)28-12-2-3-18(28)20-26-27-21(31-20)19(29)25-17-10-8-16(23)9-11-17/h4-11,18H,2-3,12-13H2,1H3,(H,24,30)(H,25,29)/t18-/m1/s1. The Balaban J connectivity index is 1.38. The lowest BCUT2D eigenvalue weighted by Crippen LogP contribution is -2.39. The summed E-state index contributed by atoms with van der Waals surface area (Å²) in [4.78, 5) is 26.9. The minimum absolute atomic E-state index is 0.157. The number of hydrogen-bond acceptors (Lipinski definition) is 5. The van der Waals surface area contributed by atoms with Crippen molar-refractivity contribution in [1.29, 1.82) is 0 Å². The smallest absolute Gasteiger partial charge is 0.318 e. The summed E-state index contributed by atoms with van der Waals surface area (Å²) >= 11 is 1.17. The van der Waals surface area contributed by atoms with Crippen molar-refractivity contribution in [2.75, 3.05) is 11.9 Å². The van der Waals surface area contributed by atoms with Crippen LogP contribution in [-0.4, -0.2) is 33.6 Å². The average molecular weight is 440 g/mol. The monoisotopic (exact) mass is 439 g/mol. The largest absolute Gasteiger partial charge is 0.334 e. The molecule has 1 aromatic heterocycles. The van der Waals surface area contributed by atoms with Crippen LogP contribution in [0.3, 0.4) is 0 Å². The highest BCUT2D eigenvalue weighted by molar-refractivity contribution is 7.13. The predicted molar refractivity (Wildman–Crippen MR) is 116 cm³/mol. The molecule has 2 N–H and O–H groups in total. The van der Waals surface area contributed by atoms with Gasteiger partial charge in [0.2, 0.25) is 5.01 Å². The van der Waals surface area contributed by atoms with Crippen LogP contribution in [0.15, 0.2) is 48.5 Å². The maximum atomic E-state index is 13.0. The van der Waals surface area contributed by atoms with E-state index in [9.17, 15) is 14.0 Å². The molecule has 0 aliphatic carbocycles. The van der Waals surface area contributed by atoms with Gasteiger partial charge in [0.1, 0.15) is 10.8 Å². The third-order valence-electron chi connectivity index (χ3n) is 5.10. The molecule has 160 valence electrons. The van der Waals surface area contributed by atoms with Crippen molar-refractivity contribution >= 4 is 29.0 Å². The summed E-state index contributed by atoms with van der Waals surface area (Å²) in [5.74, 6) is -0.790. The summed E-state index contributed by atoms with van der Waals surface area (Å²) in [6.07, 6.45) is 1.63. The molecule has 0 unspecified atom stereocenters. The van der Waals surface area contributed by atoms with Crippen LogP contribution in [0.5, 0.6) is 0 Å². The summed E-state index contributed by atoms with van der Waals surface area (Å²) in [5, 5.41) is 14.6. The lowest BCUT2D eigenvalue weighted by molar-refractivity contribution is 0.102. The molecule has 0 bridgehead atoms. The van der Waals surface area contributed by atoms with E-state index in [0.717, 1.165) is 18.4 Å². The quantitative estimate of drug-likeness (QED) is 0.621. The minimum atomic E-state index is -0.413. The van der Waals surface area contributed by atoms with Crippen LogP contribution in [0.25, 0.3) is 0 Å². The molecule has 31 heavy (non-hydrogen) atoms. The number of benzene rings is 2. The second-order valence-electron chi connectivity index (χ2n) is 7.40. The number of nitrogens with zero attached hydrogens (tertiary/aromatic N) is 3. The van der Waals surface area contributed by atoms with Gasteiger partial charge in [-0.15, -0.1) is 10.2 Å². The van der Waals surface area contributed by atoms with Crippen LogP contribution < -0.4 is 10.6 Å². The highest BCUT2D eigenvalue weighted by Gasteiger charge is 2.33. The van der Waals surface area contributed by atoms with Gasteiger partial charge in [0.25, 0.3) is 5.91 Å². The first-order valence-corrected chi connectivity index (χ1v) is 10.8. The van der Waals surface area contributed by atoms with Crippen molar-refractivity contribution in [1.82, 2.24) is 20.4 Å². The molecule has 3 amide bonds. The molecule has 4 rings (SSSR count). The summed E-state index contributed by atoms with van der Waals surface area (Å²) in [5.41, 5.74) is 2.68. The Kier molecular flexibility index (Phi) is 6.22. The zero-order valence-corrected chi connectivity index (χ0v) is 17.8. The van der Waals surface area contributed by atoms with Crippen LogP contribution in [0, 0.1) is 12.7 Å². The van der Waals surface area contributed by atoms with E-state index in [4.69, 9.17) is 0 Å². The van der Waals surface area contributed by atoms with Crippen LogP contribution in [0.2, 0.25) is 0 Å². The van der Waals surface area contributed by atoms with Gasteiger partial charge in [-0.05, 0) is 49.6 Å². The highest BCUT2D eigenvalue weighted by Crippen LogP contribution is 2.33. The van der Waals surface area contributed by atoms with E-state index < -0.39 is 5.91 Å². The SMILES string of the molecule is Cc1ccc(CNC(=O)N2CCC[C@@H]2c2nnc(C(=O)Nc3ccc(F)cc3)s2)cc1. The number of halogens is 1. The minimum Gasteiger partial charge on any atom is -0.334 e. The number of rotatable bonds is 5. The molecule has 3 aromatic rings. The van der Waals surface area contributed by atoms with E-state index in [1.807, 2.05) is 31.2 Å². The molecule has 1 fully saturated rings. The molecular weight excluding hydrogens is 417 g/mol. The van der Waals surface area contributed by atoms with Gasteiger partial charge in [-0.2, -0.15) is 0 Å². The van der Waals surface area contributed by atoms with Crippen molar-refractivity contribution in [2.45, 2.75) is 32.4 Å². The van der Waals surface area contributed by atoms with Crippen molar-refractivity contribution in [3.05, 3.63) is 75.5 Å². The molecule has 9 heteroatoms. The predicted octanol–water partition coefficient (Wildman–Crippen LogP) is 4.28. The molecule has 2 heterocycles. The van der Waals surface area contributed by atoms with Gasteiger partial charge in [0.15, 0.2) is 0 Å². The van der Waals surface area contributed by atoms with Crippen molar-refractivity contribution < 1.29 is 14.0 Å². The number of anilines is 1. The molecule has 7 nitrogen and oxygen atoms in total. The number of hydrogen-bond donors (Lipinski definition) is 2. The summed E-state index contributed by atoms with van der Waals surface area (Å²) < 4.78 is 13.0. The number of aryl methyl sites for hydroxylation is 1. The lowest BCUT2D eigenvalue weighted by Gasteiger charge is -2.23. The number of likely N-dealkylation sites (tertiary alicyclic amines) is 1. The average Bonchev–Trinajstić information content (AvgIpc) is 3.44. The molecule has 1 aliphatic rings. The first-order valence-electron chi connectivity index (χ1n) is 10.00. The highest BCUT2D eigenvalue weighted by atomic mass is 32.1. The molecular formula is C22H22FN5O2S. The van der Waals surface area contributed by atoms with Gasteiger partial charge in [0.05, 0.1) is 6.04 Å². The Bertz CT molecular complexity index is 1070. The first-order chi connectivity index (χ1) is 15.0. The van der Waals surface area contributed by atoms with E-state index >= 15 is 0 Å². The van der Waals surface area contributed by atoms with E-state index in [0.29, 0.717) is 23.8 Å². The number of carbonyl (C=O) groups excluding carboxylic acids is 2. The molecule has 0 saturated carbocycles. The van der Waals surface area contributed by atoms with Crippen LogP contribution in [0.1, 0.15) is 44.8 Å². The lowest BCUT2D eigenvalue weighted by atomic mass is 10.1. The van der Waals surface area contributed by atoms with Gasteiger partial charge in [-0.3, -0.25) is 4.79 Å². The summed E-state index contributed by atoms with van der Waals surface area (Å²) in [6, 6.07) is 13.2. The second kappa shape index (κ2) is 9.22. The number of nitrogens with one attached hydrogen (secondary N) is 2. The van der Waals surface area contributed by atoms with E-state index in [1.54, 1.807) is 4.90 Å². The number of urea groups is 1. The Morgan fingerprint density at radius 3 is 2.61 bits per heavy atom. The van der Waals surface area contributed by atoms with Crippen molar-refractivity contribution in [3.63, 3.8) is 0 Å². The Morgan fingerprint density at radius 1 is 1.13 bits per heavy atom. The van der Waals surface area contributed by atoms with Gasteiger partial charge < -0.3 is 15.5 Å². The number of amides is 3. The van der Waals surface area contributed by atoms with Gasteiger partial charge in [0, 0.05) is 18.8 Å². The third kappa shape index (κ3) is 5.05. The maximum Gasteiger partial charge on any atom is 0.318 e. The molecule has 1 saturated heterocycles. The maximum absolute atomic E-state index is 13.0. The van der Waals surface area contributed by atoms with E-state index in [-0.39, 0.29) is 22.9 Å². The molecule has 1 aliphatic heterocycles. The number of carbonyl (C=O) groups is 2. The van der Waals surface area contributed by atoms with Crippen LogP contribution >= 0.6 is 11.3 Å². The second-order valence-corrected chi connectivity index (χ2v) is 8.41. The van der Waals surface area contributed by atoms with Crippen LogP contribution in [-0.2, 0) is 6.54 Å². The van der Waals surface area contributed by atoms with Gasteiger partial charge in [-0.1, -0.05) is 41.2 Å². The summed E-state index contributed by atoms with van der Waals surface area (Å²) in [6.45, 7) is 3.10. The Labute approximate surface area is 183 Å². The van der Waals surface area contributed by atoms with Gasteiger partial charge >= 0.3 is 6.03 Å². The number of aromatic nitrogens is 2. The molecule has 0 spiro atoms. The van der Waals surface area contributed by atoms with Gasteiger partial charge in [-0.25, -0.2) is 9.18 Å². The van der Waals surface area contributed by atoms with E-state index in [2.05, 4.69) is 20.8 Å². The molecule has 1 atom stereocenters. The Hall–Kier alpha value is -3.33. The normalized spacial score (nSPS) is 15.7. The molecule has 2 aromatic carbocycles. The van der Waals surface area contributed by atoms with Crippen LogP contribution in [0.4, 0.5) is 14.9 Å². The third-order valence-corrected chi connectivity index (χ3v) is 6.12. The Morgan fingerprint density at radius 2 is 1.87 bits per heavy atom. The fourth-order valence-corrected chi connectivity index (χ4v) is 4.32. The first kappa shape index (κ1) is 20.9. The zero-order valence-electron chi connectivity index (χ0n) is 17.0. The van der Waals surface area contributed by atoms with Crippen molar-refractivity contribution in [2.24, 2.45) is 0 Å². The zero-order chi connectivity index (χ0) is 21.8. The topological polar surface area (TPSA) is 87.2 Å². The summed E-state index contributed by atoms with van der Waals surface area (Å²) in [7, 11) is 0. The fourth-order valence-electron chi connectivity index (χ4n) is 3.43.